The molecule has 1 aromatic rings. The lowest BCUT2D eigenvalue weighted by molar-refractivity contribution is 0.500. The molecule has 0 aliphatic carbocycles. The molecular formula is C13H20N2. The first-order valence-electron chi connectivity index (χ1n) is 5.90. The van der Waals surface area contributed by atoms with E-state index in [9.17, 15) is 0 Å². The summed E-state index contributed by atoms with van der Waals surface area (Å²) >= 11 is 0. The Morgan fingerprint density at radius 2 is 2.13 bits per heavy atom. The summed E-state index contributed by atoms with van der Waals surface area (Å²) in [4.78, 5) is 0. The summed E-state index contributed by atoms with van der Waals surface area (Å²) in [5.41, 5.74) is 1.38. The Labute approximate surface area is 92.1 Å². The first-order chi connectivity index (χ1) is 7.45. The molecule has 2 nitrogen and oxygen atoms in total. The predicted octanol–water partition coefficient (Wildman–Crippen LogP) is 1.78. The van der Waals surface area contributed by atoms with Gasteiger partial charge < -0.3 is 10.6 Å². The molecule has 1 aromatic carbocycles. The highest BCUT2D eigenvalue weighted by molar-refractivity contribution is 5.14. The van der Waals surface area contributed by atoms with E-state index in [2.05, 4.69) is 41.0 Å². The molecule has 0 radical (unpaired) electrons. The molecule has 1 saturated heterocycles. The van der Waals surface area contributed by atoms with Crippen molar-refractivity contribution in [1.82, 2.24) is 10.6 Å². The lowest BCUT2D eigenvalue weighted by Crippen LogP contribution is -2.19. The summed E-state index contributed by atoms with van der Waals surface area (Å²) in [5, 5.41) is 6.90. The van der Waals surface area contributed by atoms with Crippen LogP contribution in [0.4, 0.5) is 0 Å². The van der Waals surface area contributed by atoms with Crippen LogP contribution in [0.3, 0.4) is 0 Å². The van der Waals surface area contributed by atoms with Crippen LogP contribution in [-0.4, -0.2) is 19.6 Å². The van der Waals surface area contributed by atoms with E-state index in [4.69, 9.17) is 0 Å². The van der Waals surface area contributed by atoms with Crippen LogP contribution in [0.15, 0.2) is 30.3 Å². The molecule has 0 bridgehead atoms. The topological polar surface area (TPSA) is 24.1 Å². The largest absolute Gasteiger partial charge is 0.316 e. The van der Waals surface area contributed by atoms with E-state index in [0.29, 0.717) is 0 Å². The molecule has 1 aliphatic heterocycles. The Balaban J connectivity index is 1.59. The van der Waals surface area contributed by atoms with Crippen molar-refractivity contribution in [3.63, 3.8) is 0 Å². The van der Waals surface area contributed by atoms with Crippen LogP contribution >= 0.6 is 0 Å². The molecule has 1 fully saturated rings. The fraction of sp³-hybridized carbons (Fsp3) is 0.538. The number of nitrogens with one attached hydrogen (secondary N) is 2. The van der Waals surface area contributed by atoms with Gasteiger partial charge in [-0.05, 0) is 44.0 Å². The average molecular weight is 204 g/mol. The molecule has 2 N–H and O–H groups in total. The molecule has 0 aromatic heterocycles. The van der Waals surface area contributed by atoms with Crippen molar-refractivity contribution in [3.05, 3.63) is 35.9 Å². The first-order valence-corrected chi connectivity index (χ1v) is 5.90. The fourth-order valence-corrected chi connectivity index (χ4v) is 2.10. The molecule has 0 unspecified atom stereocenters. The Hall–Kier alpha value is -0.860. The van der Waals surface area contributed by atoms with Crippen LogP contribution in [0.1, 0.15) is 18.4 Å². The third kappa shape index (κ3) is 3.65. The zero-order valence-corrected chi connectivity index (χ0v) is 9.21. The lowest BCUT2D eigenvalue weighted by Gasteiger charge is -2.09. The van der Waals surface area contributed by atoms with Gasteiger partial charge in [-0.1, -0.05) is 30.3 Å². The monoisotopic (exact) mass is 204 g/mol. The summed E-state index contributed by atoms with van der Waals surface area (Å²) in [7, 11) is 0. The van der Waals surface area contributed by atoms with E-state index >= 15 is 0 Å². The maximum atomic E-state index is 3.50. The third-order valence-corrected chi connectivity index (χ3v) is 3.06. The molecule has 2 heteroatoms. The van der Waals surface area contributed by atoms with E-state index in [-0.39, 0.29) is 0 Å². The molecule has 0 saturated carbocycles. The SMILES string of the molecule is c1ccc(CNCC[C@@H]2CCNC2)cc1. The van der Waals surface area contributed by atoms with Crippen molar-refractivity contribution in [2.45, 2.75) is 19.4 Å². The summed E-state index contributed by atoms with van der Waals surface area (Å²) < 4.78 is 0. The van der Waals surface area contributed by atoms with Gasteiger partial charge >= 0.3 is 0 Å². The van der Waals surface area contributed by atoms with Gasteiger partial charge in [0.05, 0.1) is 0 Å². The molecule has 2 rings (SSSR count). The molecular weight excluding hydrogens is 184 g/mol. The molecule has 1 aliphatic rings. The molecule has 1 heterocycles. The average Bonchev–Trinajstić information content (AvgIpc) is 2.79. The highest BCUT2D eigenvalue weighted by Crippen LogP contribution is 2.10. The van der Waals surface area contributed by atoms with Gasteiger partial charge in [-0.25, -0.2) is 0 Å². The fourth-order valence-electron chi connectivity index (χ4n) is 2.10. The second kappa shape index (κ2) is 5.89. The van der Waals surface area contributed by atoms with Gasteiger partial charge in [-0.15, -0.1) is 0 Å². The van der Waals surface area contributed by atoms with Crippen molar-refractivity contribution in [2.24, 2.45) is 5.92 Å². The van der Waals surface area contributed by atoms with Crippen molar-refractivity contribution >= 4 is 0 Å². The van der Waals surface area contributed by atoms with Gasteiger partial charge in [0.1, 0.15) is 0 Å². The minimum Gasteiger partial charge on any atom is -0.316 e. The molecule has 0 amide bonds. The standard InChI is InChI=1S/C13H20N2/c1-2-4-12(5-3-1)10-14-8-6-13-7-9-15-11-13/h1-5,13-15H,6-11H2/t13-/m1/s1. The summed E-state index contributed by atoms with van der Waals surface area (Å²) in [5.74, 6) is 0.897. The Bertz CT molecular complexity index is 265. The number of hydrogen-bond acceptors (Lipinski definition) is 2. The molecule has 15 heavy (non-hydrogen) atoms. The Kier molecular flexibility index (Phi) is 4.18. The van der Waals surface area contributed by atoms with Crippen LogP contribution in [0.5, 0.6) is 0 Å². The maximum absolute atomic E-state index is 3.50. The van der Waals surface area contributed by atoms with Crippen LogP contribution in [0, 0.1) is 5.92 Å². The van der Waals surface area contributed by atoms with E-state index in [1.807, 2.05) is 0 Å². The minimum absolute atomic E-state index is 0.897. The lowest BCUT2D eigenvalue weighted by atomic mass is 10.1. The van der Waals surface area contributed by atoms with Crippen molar-refractivity contribution in [3.8, 4) is 0 Å². The highest BCUT2D eigenvalue weighted by Gasteiger charge is 2.12. The number of rotatable bonds is 5. The molecule has 82 valence electrons. The second-order valence-electron chi connectivity index (χ2n) is 4.31. The summed E-state index contributed by atoms with van der Waals surface area (Å²) in [6, 6.07) is 10.6. The third-order valence-electron chi connectivity index (χ3n) is 3.06. The summed E-state index contributed by atoms with van der Waals surface area (Å²) in [6.45, 7) is 4.57. The van der Waals surface area contributed by atoms with E-state index in [1.54, 1.807) is 0 Å². The van der Waals surface area contributed by atoms with Crippen molar-refractivity contribution in [2.75, 3.05) is 19.6 Å². The van der Waals surface area contributed by atoms with Crippen LogP contribution in [0.2, 0.25) is 0 Å². The van der Waals surface area contributed by atoms with Gasteiger partial charge in [-0.2, -0.15) is 0 Å². The van der Waals surface area contributed by atoms with E-state index < -0.39 is 0 Å². The Morgan fingerprint density at radius 3 is 2.87 bits per heavy atom. The normalized spacial score (nSPS) is 20.7. The number of hydrogen-bond donors (Lipinski definition) is 2. The van der Waals surface area contributed by atoms with Crippen molar-refractivity contribution in [1.29, 1.82) is 0 Å². The zero-order chi connectivity index (χ0) is 10.3. The predicted molar refractivity (Wildman–Crippen MR) is 63.7 cm³/mol. The van der Waals surface area contributed by atoms with Gasteiger partial charge in [0.15, 0.2) is 0 Å². The summed E-state index contributed by atoms with van der Waals surface area (Å²) in [6.07, 6.45) is 2.66. The smallest absolute Gasteiger partial charge is 0.0205 e. The van der Waals surface area contributed by atoms with Crippen molar-refractivity contribution < 1.29 is 0 Å². The zero-order valence-electron chi connectivity index (χ0n) is 9.21. The number of benzene rings is 1. The van der Waals surface area contributed by atoms with Crippen LogP contribution in [-0.2, 0) is 6.54 Å². The molecule has 0 spiro atoms. The highest BCUT2D eigenvalue weighted by atomic mass is 14.9. The molecule has 1 atom stereocenters. The van der Waals surface area contributed by atoms with Crippen LogP contribution < -0.4 is 10.6 Å². The van der Waals surface area contributed by atoms with E-state index in [1.165, 1.54) is 31.5 Å². The van der Waals surface area contributed by atoms with Gasteiger partial charge in [0, 0.05) is 6.54 Å². The quantitative estimate of drug-likeness (QED) is 0.714. The first kappa shape index (κ1) is 10.7. The van der Waals surface area contributed by atoms with Gasteiger partial charge in [0.25, 0.3) is 0 Å². The minimum atomic E-state index is 0.897. The second-order valence-corrected chi connectivity index (χ2v) is 4.31. The van der Waals surface area contributed by atoms with Gasteiger partial charge in [-0.3, -0.25) is 0 Å². The Morgan fingerprint density at radius 1 is 1.27 bits per heavy atom. The van der Waals surface area contributed by atoms with Gasteiger partial charge in [0.2, 0.25) is 0 Å². The maximum Gasteiger partial charge on any atom is 0.0205 e. The van der Waals surface area contributed by atoms with E-state index in [0.717, 1.165) is 19.0 Å². The van der Waals surface area contributed by atoms with Crippen LogP contribution in [0.25, 0.3) is 0 Å².